The number of fused-ring (bicyclic) bond motifs is 1. The molecule has 2 aromatic rings. The lowest BCUT2D eigenvalue weighted by Crippen LogP contribution is -2.50. The number of ether oxygens (including phenoxy) is 1. The highest BCUT2D eigenvalue weighted by Gasteiger charge is 2.32. The number of nitrogens with one attached hydrogen (secondary N) is 1. The average molecular weight is 411 g/mol. The third-order valence-corrected chi connectivity index (χ3v) is 5.76. The molecule has 3 amide bonds. The molecule has 0 aliphatic carbocycles. The Morgan fingerprint density at radius 2 is 1.90 bits per heavy atom. The minimum absolute atomic E-state index is 0.0460. The van der Waals surface area contributed by atoms with Crippen LogP contribution in [-0.2, 0) is 11.3 Å². The molecule has 0 bridgehead atoms. The summed E-state index contributed by atoms with van der Waals surface area (Å²) in [4.78, 5) is 29.2. The molecule has 0 unspecified atom stereocenters. The van der Waals surface area contributed by atoms with E-state index in [0.29, 0.717) is 44.6 Å². The van der Waals surface area contributed by atoms with Gasteiger partial charge in [0.15, 0.2) is 0 Å². The van der Waals surface area contributed by atoms with E-state index in [4.69, 9.17) is 4.74 Å². The van der Waals surface area contributed by atoms with E-state index in [1.165, 1.54) is 6.07 Å². The number of anilines is 1. The lowest BCUT2D eigenvalue weighted by Gasteiger charge is -2.37. The number of aryl methyl sites for hydroxylation is 1. The molecule has 2 aromatic carbocycles. The standard InChI is InChI=1S/C23H26FN3O3/c1-16-6-7-21-20(14-16)27(12-13-30-21)23(29)26-10-8-17(9-11-26)22(28)25-15-18-4-2-3-5-19(18)24/h2-7,14,17H,8-13,15H2,1H3,(H,25,28). The molecule has 2 aliphatic rings. The number of carbonyl (C=O) groups excluding carboxylic acids is 2. The fourth-order valence-corrected chi connectivity index (χ4v) is 4.00. The van der Waals surface area contributed by atoms with Gasteiger partial charge in [-0.3, -0.25) is 9.69 Å². The van der Waals surface area contributed by atoms with Crippen molar-refractivity contribution in [3.8, 4) is 5.75 Å². The minimum Gasteiger partial charge on any atom is -0.490 e. The molecule has 1 saturated heterocycles. The quantitative estimate of drug-likeness (QED) is 0.841. The molecule has 1 fully saturated rings. The van der Waals surface area contributed by atoms with Crippen molar-refractivity contribution in [1.82, 2.24) is 10.2 Å². The Labute approximate surface area is 175 Å². The number of hydrogen-bond acceptors (Lipinski definition) is 3. The largest absolute Gasteiger partial charge is 0.490 e. The van der Waals surface area contributed by atoms with Crippen molar-refractivity contribution in [2.45, 2.75) is 26.3 Å². The summed E-state index contributed by atoms with van der Waals surface area (Å²) in [5.74, 6) is 0.152. The van der Waals surface area contributed by atoms with E-state index < -0.39 is 0 Å². The monoisotopic (exact) mass is 411 g/mol. The zero-order valence-corrected chi connectivity index (χ0v) is 17.1. The Morgan fingerprint density at radius 3 is 2.67 bits per heavy atom. The summed E-state index contributed by atoms with van der Waals surface area (Å²) < 4.78 is 19.4. The maximum atomic E-state index is 13.7. The molecule has 0 radical (unpaired) electrons. The summed E-state index contributed by atoms with van der Waals surface area (Å²) in [7, 11) is 0. The van der Waals surface area contributed by atoms with E-state index in [-0.39, 0.29) is 30.2 Å². The van der Waals surface area contributed by atoms with Crippen molar-refractivity contribution in [3.05, 3.63) is 59.4 Å². The number of amides is 3. The summed E-state index contributed by atoms with van der Waals surface area (Å²) in [5.41, 5.74) is 2.35. The van der Waals surface area contributed by atoms with Gasteiger partial charge in [-0.25, -0.2) is 9.18 Å². The third-order valence-electron chi connectivity index (χ3n) is 5.76. The van der Waals surface area contributed by atoms with E-state index in [2.05, 4.69) is 5.32 Å². The molecule has 158 valence electrons. The molecule has 6 nitrogen and oxygen atoms in total. The van der Waals surface area contributed by atoms with Gasteiger partial charge in [-0.05, 0) is 43.5 Å². The summed E-state index contributed by atoms with van der Waals surface area (Å²) in [6.07, 6.45) is 1.19. The van der Waals surface area contributed by atoms with Gasteiger partial charge in [0, 0.05) is 31.1 Å². The van der Waals surface area contributed by atoms with Gasteiger partial charge in [0.2, 0.25) is 5.91 Å². The molecular formula is C23H26FN3O3. The number of piperidine rings is 1. The summed E-state index contributed by atoms with van der Waals surface area (Å²) in [6, 6.07) is 12.2. The van der Waals surface area contributed by atoms with Gasteiger partial charge >= 0.3 is 6.03 Å². The van der Waals surface area contributed by atoms with Gasteiger partial charge in [0.1, 0.15) is 18.2 Å². The second kappa shape index (κ2) is 8.73. The molecule has 0 aromatic heterocycles. The van der Waals surface area contributed by atoms with Gasteiger partial charge in [0.25, 0.3) is 0 Å². The zero-order valence-electron chi connectivity index (χ0n) is 17.1. The zero-order chi connectivity index (χ0) is 21.1. The summed E-state index contributed by atoms with van der Waals surface area (Å²) >= 11 is 0. The van der Waals surface area contributed by atoms with Crippen molar-refractivity contribution < 1.29 is 18.7 Å². The predicted molar refractivity (Wildman–Crippen MR) is 112 cm³/mol. The van der Waals surface area contributed by atoms with Gasteiger partial charge in [-0.15, -0.1) is 0 Å². The average Bonchev–Trinajstić information content (AvgIpc) is 2.77. The molecule has 7 heteroatoms. The van der Waals surface area contributed by atoms with Crippen LogP contribution in [0.15, 0.2) is 42.5 Å². The number of carbonyl (C=O) groups is 2. The molecule has 1 N–H and O–H groups in total. The highest BCUT2D eigenvalue weighted by molar-refractivity contribution is 5.94. The van der Waals surface area contributed by atoms with Crippen LogP contribution < -0.4 is 15.0 Å². The van der Waals surface area contributed by atoms with Crippen molar-refractivity contribution in [2.24, 2.45) is 5.92 Å². The number of hydrogen-bond donors (Lipinski definition) is 1. The van der Waals surface area contributed by atoms with Crippen LogP contribution in [0.3, 0.4) is 0 Å². The molecule has 4 rings (SSSR count). The van der Waals surface area contributed by atoms with Crippen LogP contribution in [0.4, 0.5) is 14.9 Å². The molecule has 0 atom stereocenters. The number of halogens is 1. The number of rotatable bonds is 3. The normalized spacial score (nSPS) is 16.6. The Bertz CT molecular complexity index is 941. The first-order valence-electron chi connectivity index (χ1n) is 10.3. The fourth-order valence-electron chi connectivity index (χ4n) is 4.00. The second-order valence-corrected chi connectivity index (χ2v) is 7.82. The van der Waals surface area contributed by atoms with Crippen LogP contribution >= 0.6 is 0 Å². The van der Waals surface area contributed by atoms with E-state index >= 15 is 0 Å². The highest BCUT2D eigenvalue weighted by Crippen LogP contribution is 2.33. The minimum atomic E-state index is -0.320. The van der Waals surface area contributed by atoms with Crippen LogP contribution in [0, 0.1) is 18.7 Å². The number of benzene rings is 2. The first-order chi connectivity index (χ1) is 14.5. The van der Waals surface area contributed by atoms with Crippen molar-refractivity contribution in [2.75, 3.05) is 31.1 Å². The van der Waals surface area contributed by atoms with Crippen molar-refractivity contribution in [1.29, 1.82) is 0 Å². The van der Waals surface area contributed by atoms with Crippen LogP contribution in [0.2, 0.25) is 0 Å². The van der Waals surface area contributed by atoms with Crippen LogP contribution in [-0.4, -0.2) is 43.1 Å². The number of urea groups is 1. The van der Waals surface area contributed by atoms with Crippen LogP contribution in [0.5, 0.6) is 5.75 Å². The SMILES string of the molecule is Cc1ccc2c(c1)N(C(=O)N1CCC(C(=O)NCc3ccccc3F)CC1)CCO2. The lowest BCUT2D eigenvalue weighted by molar-refractivity contribution is -0.126. The van der Waals surface area contributed by atoms with Crippen LogP contribution in [0.1, 0.15) is 24.0 Å². The summed E-state index contributed by atoms with van der Waals surface area (Å²) in [5, 5.41) is 2.83. The Morgan fingerprint density at radius 1 is 1.13 bits per heavy atom. The predicted octanol–water partition coefficient (Wildman–Crippen LogP) is 3.48. The molecule has 30 heavy (non-hydrogen) atoms. The number of nitrogens with zero attached hydrogens (tertiary/aromatic N) is 2. The first-order valence-corrected chi connectivity index (χ1v) is 10.3. The Hall–Kier alpha value is -3.09. The van der Waals surface area contributed by atoms with Crippen molar-refractivity contribution >= 4 is 17.6 Å². The molecule has 0 spiro atoms. The smallest absolute Gasteiger partial charge is 0.324 e. The van der Waals surface area contributed by atoms with Crippen LogP contribution in [0.25, 0.3) is 0 Å². The fraction of sp³-hybridized carbons (Fsp3) is 0.391. The topological polar surface area (TPSA) is 61.9 Å². The first kappa shape index (κ1) is 20.2. The molecular weight excluding hydrogens is 385 g/mol. The molecule has 0 saturated carbocycles. The maximum Gasteiger partial charge on any atom is 0.324 e. The van der Waals surface area contributed by atoms with E-state index in [0.717, 1.165) is 17.0 Å². The molecule has 2 aliphatic heterocycles. The Balaban J connectivity index is 1.32. The van der Waals surface area contributed by atoms with Gasteiger partial charge in [-0.2, -0.15) is 0 Å². The second-order valence-electron chi connectivity index (χ2n) is 7.82. The Kier molecular flexibility index (Phi) is 5.88. The third kappa shape index (κ3) is 4.25. The van der Waals surface area contributed by atoms with E-state index in [1.54, 1.807) is 28.0 Å². The highest BCUT2D eigenvalue weighted by atomic mass is 19.1. The number of likely N-dealkylation sites (tertiary alicyclic amines) is 1. The lowest BCUT2D eigenvalue weighted by atomic mass is 9.96. The van der Waals surface area contributed by atoms with Gasteiger partial charge in [-0.1, -0.05) is 24.3 Å². The van der Waals surface area contributed by atoms with Gasteiger partial charge < -0.3 is 15.0 Å². The van der Waals surface area contributed by atoms with Gasteiger partial charge in [0.05, 0.1) is 12.2 Å². The van der Waals surface area contributed by atoms with E-state index in [1.807, 2.05) is 25.1 Å². The van der Waals surface area contributed by atoms with Crippen molar-refractivity contribution in [3.63, 3.8) is 0 Å². The summed E-state index contributed by atoms with van der Waals surface area (Å²) in [6.45, 7) is 4.19. The molecule has 2 heterocycles. The van der Waals surface area contributed by atoms with E-state index in [9.17, 15) is 14.0 Å². The maximum absolute atomic E-state index is 13.7.